The first-order chi connectivity index (χ1) is 29.1. The van der Waals surface area contributed by atoms with Crippen molar-refractivity contribution in [3.05, 3.63) is 251 Å². The van der Waals surface area contributed by atoms with Crippen LogP contribution < -0.4 is 9.80 Å². The predicted octanol–water partition coefficient (Wildman–Crippen LogP) is 12.4. The molecule has 2 amide bonds. The summed E-state index contributed by atoms with van der Waals surface area (Å²) in [6.45, 7) is 4.27. The van der Waals surface area contributed by atoms with Crippen LogP contribution in [-0.4, -0.2) is 11.8 Å². The van der Waals surface area contributed by atoms with Gasteiger partial charge < -0.3 is 9.80 Å². The number of hydrogen-bond acceptors (Lipinski definition) is 2. The first-order valence-electron chi connectivity index (χ1n) is 19.1. The van der Waals surface area contributed by atoms with Crippen LogP contribution in [0.4, 0.5) is 28.9 Å². The predicted molar refractivity (Wildman–Crippen MR) is 230 cm³/mol. The first-order valence-corrected chi connectivity index (χ1v) is 19.1. The Bertz CT molecular complexity index is 2240. The van der Waals surface area contributed by atoms with Crippen LogP contribution in [0.2, 0.25) is 0 Å². The molecule has 2 aliphatic carbocycles. The van der Waals surface area contributed by atoms with Gasteiger partial charge in [0.25, 0.3) is 0 Å². The van der Waals surface area contributed by atoms with E-state index in [4.69, 9.17) is 0 Å². The number of amides is 2. The molecule has 0 spiro atoms. The summed E-state index contributed by atoms with van der Waals surface area (Å²) in [4.78, 5) is 28.4. The van der Waals surface area contributed by atoms with E-state index in [9.17, 15) is 27.2 Å². The van der Waals surface area contributed by atoms with E-state index in [1.165, 1.54) is 21.9 Å². The number of rotatable bonds is 8. The van der Waals surface area contributed by atoms with E-state index in [1.807, 2.05) is 98.8 Å². The Labute approximate surface area is 370 Å². The molecule has 304 valence electrons. The van der Waals surface area contributed by atoms with Crippen LogP contribution >= 0.6 is 0 Å². The molecule has 9 heteroatoms. The molecule has 6 aromatic rings. The monoisotopic (exact) mass is 850 g/mol. The topological polar surface area (TPSA) is 40.6 Å². The molecule has 6 aromatic carbocycles. The number of nitrogens with zero attached hydrogens (tertiary/aromatic N) is 2. The average Bonchev–Trinajstić information content (AvgIpc) is 4.06. The molecule has 0 aliphatic heterocycles. The SMILES string of the molecule is Cc1ccc(CN(C(=O)c2ccccc2)c2ccc(F)[c-]c2F)cc1.Cc1ccc(CN(C(=O)c2ccccc2)c2ccc(F)[c-]c2F)cc1.[C-]1=CC=CC1.[C-]1=CC=CC1.[Ti+4]. The second-order valence-corrected chi connectivity index (χ2v) is 13.5. The van der Waals surface area contributed by atoms with Crippen molar-refractivity contribution < 1.29 is 48.9 Å². The molecule has 0 unspecified atom stereocenters. The molecule has 0 aromatic heterocycles. The largest absolute Gasteiger partial charge is 4.00 e. The van der Waals surface area contributed by atoms with E-state index >= 15 is 0 Å². The van der Waals surface area contributed by atoms with E-state index in [2.05, 4.69) is 24.3 Å². The quantitative estimate of drug-likeness (QED) is 0.0869. The van der Waals surface area contributed by atoms with Gasteiger partial charge in [0, 0.05) is 47.5 Å². The number of hydrogen-bond donors (Lipinski definition) is 0. The van der Waals surface area contributed by atoms with Gasteiger partial charge in [-0.05, 0) is 60.6 Å². The van der Waals surface area contributed by atoms with E-state index in [0.717, 1.165) is 47.2 Å². The van der Waals surface area contributed by atoms with Crippen molar-refractivity contribution in [1.82, 2.24) is 0 Å². The molecule has 8 rings (SSSR count). The minimum atomic E-state index is -0.892. The molecule has 0 N–H and O–H groups in total. The van der Waals surface area contributed by atoms with E-state index < -0.39 is 23.3 Å². The number of carbonyl (C=O) groups is 2. The molecule has 0 atom stereocenters. The number of carbonyl (C=O) groups excluding carboxylic acids is 2. The molecule has 4 nitrogen and oxygen atoms in total. The fourth-order valence-corrected chi connectivity index (χ4v) is 5.73. The second kappa shape index (κ2) is 24.7. The molecule has 0 fully saturated rings. The summed E-state index contributed by atoms with van der Waals surface area (Å²) in [6.07, 6.45) is 20.0. The zero-order valence-electron chi connectivity index (χ0n) is 33.7. The third-order valence-corrected chi connectivity index (χ3v) is 8.89. The minimum Gasteiger partial charge on any atom is -0.355 e. The Balaban J connectivity index is 0.000000215. The van der Waals surface area contributed by atoms with Gasteiger partial charge in [-0.1, -0.05) is 96.1 Å². The summed E-state index contributed by atoms with van der Waals surface area (Å²) in [5.74, 6) is -4.11. The Hall–Kier alpha value is -6.35. The van der Waals surface area contributed by atoms with Crippen molar-refractivity contribution in [3.63, 3.8) is 0 Å². The zero-order valence-corrected chi connectivity index (χ0v) is 35.3. The zero-order chi connectivity index (χ0) is 42.7. The van der Waals surface area contributed by atoms with Crippen LogP contribution in [0.5, 0.6) is 0 Å². The van der Waals surface area contributed by atoms with Gasteiger partial charge >= 0.3 is 21.7 Å². The van der Waals surface area contributed by atoms with E-state index in [1.54, 1.807) is 60.7 Å². The summed E-state index contributed by atoms with van der Waals surface area (Å²) in [5.41, 5.74) is 4.72. The molecular weight excluding hydrogens is 808 g/mol. The summed E-state index contributed by atoms with van der Waals surface area (Å²) >= 11 is 0. The maximum Gasteiger partial charge on any atom is 4.00 e. The van der Waals surface area contributed by atoms with Gasteiger partial charge in [-0.3, -0.25) is 21.7 Å². The standard InChI is InChI=1S/2C21H16F2NO.2C5H5.Ti/c2*1-15-7-9-16(10-8-15)14-24(20-12-11-18(22)13-19(20)23)21(25)17-5-3-2-4-6-17;2*1-2-4-5-3-1;/h2*2-12H,14H2,1H3;2*1-3H,4H2;/q4*-1;+4. The maximum atomic E-state index is 14.3. The molecule has 61 heavy (non-hydrogen) atoms. The molecule has 0 radical (unpaired) electrons. The second-order valence-electron chi connectivity index (χ2n) is 13.5. The van der Waals surface area contributed by atoms with Crippen LogP contribution in [0.25, 0.3) is 0 Å². The third-order valence-electron chi connectivity index (χ3n) is 8.89. The number of aryl methyl sites for hydroxylation is 2. The summed E-state index contributed by atoms with van der Waals surface area (Å²) in [7, 11) is 0. The Kier molecular flexibility index (Phi) is 19.1. The number of halogens is 4. The van der Waals surface area contributed by atoms with Crippen LogP contribution in [0, 0.1) is 61.4 Å². The molecular formula is C52H42F4N2O2Ti. The van der Waals surface area contributed by atoms with E-state index in [0.29, 0.717) is 11.1 Å². The van der Waals surface area contributed by atoms with Crippen molar-refractivity contribution in [1.29, 1.82) is 0 Å². The van der Waals surface area contributed by atoms with Gasteiger partial charge in [0.1, 0.15) is 0 Å². The molecule has 0 saturated carbocycles. The van der Waals surface area contributed by atoms with Gasteiger partial charge in [0.05, 0.1) is 0 Å². The van der Waals surface area contributed by atoms with Gasteiger partial charge in [0.2, 0.25) is 11.8 Å². The normalized spacial score (nSPS) is 11.5. The number of benzene rings is 6. The van der Waals surface area contributed by atoms with E-state index in [-0.39, 0.29) is 58.0 Å². The average molecular weight is 851 g/mol. The molecule has 0 saturated heterocycles. The first kappa shape index (κ1) is 47.3. The number of allylic oxidation sites excluding steroid dienone is 8. The Morgan fingerprint density at radius 1 is 0.508 bits per heavy atom. The van der Waals surface area contributed by atoms with Crippen molar-refractivity contribution in [3.8, 4) is 0 Å². The summed E-state index contributed by atoms with van der Waals surface area (Å²) in [5, 5.41) is 0. The fourth-order valence-electron chi connectivity index (χ4n) is 5.73. The molecule has 0 heterocycles. The van der Waals surface area contributed by atoms with Gasteiger partial charge in [-0.25, -0.2) is 41.9 Å². The van der Waals surface area contributed by atoms with Crippen LogP contribution in [0.3, 0.4) is 0 Å². The molecule has 2 aliphatic rings. The van der Waals surface area contributed by atoms with Crippen LogP contribution in [-0.2, 0) is 34.8 Å². The van der Waals surface area contributed by atoms with Crippen molar-refractivity contribution >= 4 is 23.2 Å². The molecule has 0 bridgehead atoms. The van der Waals surface area contributed by atoms with Gasteiger partial charge in [-0.15, -0.1) is 49.2 Å². The smallest absolute Gasteiger partial charge is 0.355 e. The van der Waals surface area contributed by atoms with Crippen molar-refractivity contribution in [2.24, 2.45) is 0 Å². The third kappa shape index (κ3) is 15.0. The van der Waals surface area contributed by atoms with Crippen LogP contribution in [0.15, 0.2) is 170 Å². The van der Waals surface area contributed by atoms with Crippen molar-refractivity contribution in [2.45, 2.75) is 39.8 Å². The van der Waals surface area contributed by atoms with Crippen LogP contribution in [0.1, 0.15) is 55.8 Å². The number of anilines is 2. The summed E-state index contributed by atoms with van der Waals surface area (Å²) < 4.78 is 54.9. The van der Waals surface area contributed by atoms with Gasteiger partial charge in [0.15, 0.2) is 0 Å². The van der Waals surface area contributed by atoms with Crippen molar-refractivity contribution in [2.75, 3.05) is 9.80 Å². The Morgan fingerprint density at radius 2 is 0.869 bits per heavy atom. The summed E-state index contributed by atoms with van der Waals surface area (Å²) in [6, 6.07) is 41.1. The maximum absolute atomic E-state index is 14.3. The fraction of sp³-hybridized carbons (Fsp3) is 0.115. The minimum absolute atomic E-state index is 0. The van der Waals surface area contributed by atoms with Gasteiger partial charge in [-0.2, -0.15) is 12.2 Å². The Morgan fingerprint density at radius 3 is 1.15 bits per heavy atom.